The molecule has 7 heteroatoms. The average molecular weight is 405 g/mol. The smallest absolute Gasteiger partial charge is 0.408 e. The minimum Gasteiger partial charge on any atom is -0.459 e. The van der Waals surface area contributed by atoms with Crippen LogP contribution in [0.4, 0.5) is 4.79 Å². The number of amides is 1. The Labute approximate surface area is 172 Å². The number of benzene rings is 1. The number of hydrogen-bond donors (Lipinski definition) is 1. The lowest BCUT2D eigenvalue weighted by Gasteiger charge is -2.44. The number of nitrogens with zero attached hydrogens (tertiary/aromatic N) is 1. The molecule has 0 saturated carbocycles. The number of hydrogen-bond acceptors (Lipinski definition) is 6. The Hall–Kier alpha value is -2.12. The van der Waals surface area contributed by atoms with Crippen LogP contribution < -0.4 is 5.32 Å². The van der Waals surface area contributed by atoms with Crippen molar-refractivity contribution in [1.82, 2.24) is 10.2 Å². The molecule has 4 rings (SSSR count). The van der Waals surface area contributed by atoms with Gasteiger partial charge in [0.2, 0.25) is 0 Å². The quantitative estimate of drug-likeness (QED) is 0.704. The molecule has 1 unspecified atom stereocenters. The molecule has 7 nitrogen and oxygen atoms in total. The predicted molar refractivity (Wildman–Crippen MR) is 108 cm³/mol. The zero-order valence-corrected chi connectivity index (χ0v) is 17.6. The van der Waals surface area contributed by atoms with Crippen LogP contribution in [-0.4, -0.2) is 61.0 Å². The molecule has 2 atom stereocenters. The molecule has 0 aromatic heterocycles. The summed E-state index contributed by atoms with van der Waals surface area (Å²) in [4.78, 5) is 27.4. The third-order valence-electron chi connectivity index (χ3n) is 5.24. The van der Waals surface area contributed by atoms with E-state index in [1.54, 1.807) is 20.8 Å². The second kappa shape index (κ2) is 9.59. The number of carbonyl (C=O) groups is 2. The summed E-state index contributed by atoms with van der Waals surface area (Å²) in [5.41, 5.74) is 0.341. The molecule has 29 heavy (non-hydrogen) atoms. The first-order valence-corrected chi connectivity index (χ1v) is 10.3. The number of ether oxygens (including phenoxy) is 3. The molecule has 2 bridgehead atoms. The third-order valence-corrected chi connectivity index (χ3v) is 5.24. The van der Waals surface area contributed by atoms with Crippen LogP contribution in [0.5, 0.6) is 0 Å². The second-order valence-corrected chi connectivity index (χ2v) is 8.81. The molecule has 3 fully saturated rings. The van der Waals surface area contributed by atoms with Gasteiger partial charge >= 0.3 is 12.1 Å². The summed E-state index contributed by atoms with van der Waals surface area (Å²) in [6.45, 7) is 8.60. The summed E-state index contributed by atoms with van der Waals surface area (Å²) in [7, 11) is 0. The van der Waals surface area contributed by atoms with Gasteiger partial charge in [-0.25, -0.2) is 9.59 Å². The molecule has 3 aliphatic heterocycles. The number of piperidine rings is 3. The Balaban J connectivity index is 1.57. The molecule has 160 valence electrons. The maximum Gasteiger partial charge on any atom is 0.408 e. The Morgan fingerprint density at radius 3 is 2.45 bits per heavy atom. The maximum absolute atomic E-state index is 12.8. The first kappa shape index (κ1) is 21.6. The second-order valence-electron chi connectivity index (χ2n) is 8.81. The van der Waals surface area contributed by atoms with Gasteiger partial charge in [0.1, 0.15) is 11.7 Å². The number of nitrogens with one attached hydrogen (secondary N) is 1. The molecule has 3 saturated heterocycles. The maximum atomic E-state index is 12.8. The van der Waals surface area contributed by atoms with Gasteiger partial charge in [-0.2, -0.15) is 0 Å². The number of alkyl carbamates (subject to hydrolysis) is 1. The highest BCUT2D eigenvalue weighted by Crippen LogP contribution is 2.29. The highest BCUT2D eigenvalue weighted by atomic mass is 16.6. The van der Waals surface area contributed by atoms with Gasteiger partial charge in [-0.1, -0.05) is 30.3 Å². The minimum atomic E-state index is -0.913. The molecule has 3 heterocycles. The highest BCUT2D eigenvalue weighted by molar-refractivity contribution is 5.81. The monoisotopic (exact) mass is 404 g/mol. The first-order valence-electron chi connectivity index (χ1n) is 10.3. The van der Waals surface area contributed by atoms with Crippen LogP contribution in [0.15, 0.2) is 30.3 Å². The molecule has 1 aromatic carbocycles. The Kier molecular flexibility index (Phi) is 7.14. The lowest BCUT2D eigenvalue weighted by atomic mass is 9.86. The van der Waals surface area contributed by atoms with Crippen molar-refractivity contribution in [3.8, 4) is 0 Å². The summed E-state index contributed by atoms with van der Waals surface area (Å²) in [6.07, 6.45) is 1.32. The summed E-state index contributed by atoms with van der Waals surface area (Å²) in [5.74, 6) is -0.0703. The molecule has 0 radical (unpaired) electrons. The van der Waals surface area contributed by atoms with Crippen molar-refractivity contribution in [2.75, 3.05) is 26.2 Å². The summed E-state index contributed by atoms with van der Waals surface area (Å²) in [5, 5.41) is 2.62. The van der Waals surface area contributed by atoms with Gasteiger partial charge in [-0.15, -0.1) is 0 Å². The summed E-state index contributed by atoms with van der Waals surface area (Å²) < 4.78 is 16.8. The largest absolute Gasteiger partial charge is 0.459 e. The topological polar surface area (TPSA) is 77.1 Å². The van der Waals surface area contributed by atoms with Crippen molar-refractivity contribution >= 4 is 12.1 Å². The minimum absolute atomic E-state index is 0.0219. The normalized spacial score (nSPS) is 24.6. The molecule has 1 amide bonds. The van der Waals surface area contributed by atoms with E-state index in [0.717, 1.165) is 38.0 Å². The van der Waals surface area contributed by atoms with Crippen molar-refractivity contribution in [2.45, 2.75) is 58.0 Å². The highest BCUT2D eigenvalue weighted by Gasteiger charge is 2.38. The van der Waals surface area contributed by atoms with Gasteiger partial charge in [0.15, 0.2) is 6.04 Å². The van der Waals surface area contributed by atoms with Gasteiger partial charge in [0, 0.05) is 6.54 Å². The fourth-order valence-corrected chi connectivity index (χ4v) is 3.76. The molecule has 0 spiro atoms. The zero-order chi connectivity index (χ0) is 20.9. The van der Waals surface area contributed by atoms with Gasteiger partial charge in [-0.05, 0) is 58.2 Å². The molecule has 3 aliphatic rings. The van der Waals surface area contributed by atoms with Gasteiger partial charge in [0.05, 0.1) is 13.2 Å². The third kappa shape index (κ3) is 6.72. The Bertz CT molecular complexity index is 680. The van der Waals surface area contributed by atoms with E-state index in [9.17, 15) is 9.59 Å². The Morgan fingerprint density at radius 1 is 1.17 bits per heavy atom. The van der Waals surface area contributed by atoms with E-state index in [-0.39, 0.29) is 12.7 Å². The number of fused-ring (bicyclic) bond motifs is 3. The lowest BCUT2D eigenvalue weighted by molar-refractivity contribution is -0.163. The molecule has 1 N–H and O–H groups in total. The van der Waals surface area contributed by atoms with Crippen LogP contribution in [0, 0.1) is 5.92 Å². The van der Waals surface area contributed by atoms with Gasteiger partial charge in [-0.3, -0.25) is 4.90 Å². The van der Waals surface area contributed by atoms with Crippen LogP contribution in [-0.2, 0) is 25.6 Å². The fourth-order valence-electron chi connectivity index (χ4n) is 3.76. The predicted octanol–water partition coefficient (Wildman–Crippen LogP) is 2.73. The van der Waals surface area contributed by atoms with E-state index in [4.69, 9.17) is 14.2 Å². The van der Waals surface area contributed by atoms with Crippen molar-refractivity contribution < 1.29 is 23.8 Å². The SMILES string of the molecule is CC(C)(C)OC(=O)N[C@@H](COCc1ccccc1)C(=O)OC1CN2CCC1CC2. The van der Waals surface area contributed by atoms with Crippen molar-refractivity contribution in [2.24, 2.45) is 5.92 Å². The van der Waals surface area contributed by atoms with Crippen molar-refractivity contribution in [3.63, 3.8) is 0 Å². The number of carbonyl (C=O) groups excluding carboxylic acids is 2. The number of rotatable bonds is 7. The average Bonchev–Trinajstić information content (AvgIpc) is 2.67. The number of esters is 1. The van der Waals surface area contributed by atoms with E-state index >= 15 is 0 Å². The molecule has 1 aromatic rings. The van der Waals surface area contributed by atoms with Crippen LogP contribution in [0.25, 0.3) is 0 Å². The first-order chi connectivity index (χ1) is 13.8. The van der Waals surface area contributed by atoms with E-state index in [1.807, 2.05) is 30.3 Å². The van der Waals surface area contributed by atoms with Gasteiger partial charge in [0.25, 0.3) is 0 Å². The molecule has 0 aliphatic carbocycles. The Morgan fingerprint density at radius 2 is 1.86 bits per heavy atom. The van der Waals surface area contributed by atoms with E-state index < -0.39 is 23.7 Å². The van der Waals surface area contributed by atoms with Crippen LogP contribution >= 0.6 is 0 Å². The standard InChI is InChI=1S/C22H32N2O5/c1-22(2,3)29-21(26)23-18(15-27-14-16-7-5-4-6-8-16)20(25)28-19-13-24-11-9-17(19)10-12-24/h4-8,17-19H,9-15H2,1-3H3,(H,23,26)/t18-,19?/m0/s1. The summed E-state index contributed by atoms with van der Waals surface area (Å²) in [6, 6.07) is 8.77. The van der Waals surface area contributed by atoms with Crippen molar-refractivity contribution in [1.29, 1.82) is 0 Å². The fraction of sp³-hybridized carbons (Fsp3) is 0.636. The zero-order valence-electron chi connectivity index (χ0n) is 17.6. The molecular weight excluding hydrogens is 372 g/mol. The van der Waals surface area contributed by atoms with Crippen LogP contribution in [0.2, 0.25) is 0 Å². The van der Waals surface area contributed by atoms with E-state index in [1.165, 1.54) is 0 Å². The van der Waals surface area contributed by atoms with E-state index in [2.05, 4.69) is 10.2 Å². The summed E-state index contributed by atoms with van der Waals surface area (Å²) >= 11 is 0. The van der Waals surface area contributed by atoms with E-state index in [0.29, 0.717) is 12.5 Å². The lowest BCUT2D eigenvalue weighted by Crippen LogP contribution is -2.54. The molecular formula is C22H32N2O5. The van der Waals surface area contributed by atoms with Gasteiger partial charge < -0.3 is 19.5 Å². The van der Waals surface area contributed by atoms with Crippen molar-refractivity contribution in [3.05, 3.63) is 35.9 Å². The van der Waals surface area contributed by atoms with Crippen LogP contribution in [0.3, 0.4) is 0 Å². The van der Waals surface area contributed by atoms with Crippen LogP contribution in [0.1, 0.15) is 39.2 Å².